The lowest BCUT2D eigenvalue weighted by molar-refractivity contribution is -0.121. The number of rotatable bonds is 7. The summed E-state index contributed by atoms with van der Waals surface area (Å²) < 4.78 is 1.85. The van der Waals surface area contributed by atoms with E-state index in [4.69, 9.17) is 18.0 Å². The number of amides is 2. The number of aryl methyl sites for hydroxylation is 1. The first-order valence-corrected chi connectivity index (χ1v) is 10.3. The molecule has 0 saturated heterocycles. The Hall–Kier alpha value is -3.82. The van der Waals surface area contributed by atoms with E-state index in [1.165, 1.54) is 6.08 Å². The fraction of sp³-hybridized carbons (Fsp3) is 0.160. The zero-order valence-corrected chi connectivity index (χ0v) is 18.6. The minimum absolute atomic E-state index is 0.160. The van der Waals surface area contributed by atoms with Crippen LogP contribution in [0.3, 0.4) is 0 Å². The van der Waals surface area contributed by atoms with Crippen molar-refractivity contribution in [1.29, 1.82) is 0 Å². The highest BCUT2D eigenvalue weighted by atomic mass is 35.5. The van der Waals surface area contributed by atoms with Crippen LogP contribution in [-0.4, -0.2) is 28.1 Å². The summed E-state index contributed by atoms with van der Waals surface area (Å²) in [5.41, 5.74) is 4.76. The second kappa shape index (κ2) is 10.5. The summed E-state index contributed by atoms with van der Waals surface area (Å²) >= 11 is 6.25. The number of terminal acetylenes is 1. The molecule has 2 amide bonds. The van der Waals surface area contributed by atoms with Crippen molar-refractivity contribution < 1.29 is 9.59 Å². The number of hydrogen-bond donors (Lipinski definition) is 2. The number of nitrogens with zero attached hydrogens (tertiary/aromatic N) is 2. The topological polar surface area (TPSA) is 76.0 Å². The molecule has 0 radical (unpaired) electrons. The lowest BCUT2D eigenvalue weighted by atomic mass is 10.1. The minimum atomic E-state index is -0.379. The molecule has 7 heteroatoms. The first kappa shape index (κ1) is 22.9. The quantitative estimate of drug-likeness (QED) is 0.426. The average Bonchev–Trinajstić information content (AvgIpc) is 3.04. The van der Waals surface area contributed by atoms with Crippen molar-refractivity contribution in [2.24, 2.45) is 0 Å². The molecule has 0 bridgehead atoms. The Kier molecular flexibility index (Phi) is 7.48. The van der Waals surface area contributed by atoms with E-state index < -0.39 is 0 Å². The van der Waals surface area contributed by atoms with E-state index in [0.29, 0.717) is 22.8 Å². The van der Waals surface area contributed by atoms with Crippen LogP contribution in [-0.2, 0) is 16.1 Å². The van der Waals surface area contributed by atoms with Crippen LogP contribution in [0, 0.1) is 26.2 Å². The molecule has 0 aliphatic carbocycles. The van der Waals surface area contributed by atoms with Crippen LogP contribution in [0.1, 0.15) is 28.1 Å². The summed E-state index contributed by atoms with van der Waals surface area (Å²) in [6.45, 7) is 4.19. The van der Waals surface area contributed by atoms with Crippen molar-refractivity contribution in [1.82, 2.24) is 15.1 Å². The molecule has 162 valence electrons. The third kappa shape index (κ3) is 5.87. The Bertz CT molecular complexity index is 1220. The molecule has 0 atom stereocenters. The summed E-state index contributed by atoms with van der Waals surface area (Å²) in [5, 5.41) is 10.5. The zero-order chi connectivity index (χ0) is 23.1. The van der Waals surface area contributed by atoms with Crippen molar-refractivity contribution in [3.8, 4) is 12.3 Å². The third-order valence-electron chi connectivity index (χ3n) is 4.85. The SMILES string of the molecule is C#Cc1cccc(NC(=O)CNC(=O)/C=C/c2c(C)nn(Cc3ccccc3Cl)c2C)c1. The molecule has 3 aromatic rings. The van der Waals surface area contributed by atoms with Crippen molar-refractivity contribution in [2.45, 2.75) is 20.4 Å². The molecule has 2 N–H and O–H groups in total. The highest BCUT2D eigenvalue weighted by Crippen LogP contribution is 2.20. The van der Waals surface area contributed by atoms with Gasteiger partial charge in [0.1, 0.15) is 0 Å². The molecule has 1 aromatic heterocycles. The molecule has 2 aromatic carbocycles. The van der Waals surface area contributed by atoms with E-state index in [9.17, 15) is 9.59 Å². The van der Waals surface area contributed by atoms with Crippen molar-refractivity contribution in [3.63, 3.8) is 0 Å². The lowest BCUT2D eigenvalue weighted by Gasteiger charge is -2.07. The number of carbonyl (C=O) groups excluding carboxylic acids is 2. The van der Waals surface area contributed by atoms with E-state index >= 15 is 0 Å². The van der Waals surface area contributed by atoms with Gasteiger partial charge in [-0.15, -0.1) is 6.42 Å². The smallest absolute Gasteiger partial charge is 0.244 e. The number of hydrogen-bond acceptors (Lipinski definition) is 3. The van der Waals surface area contributed by atoms with Crippen LogP contribution in [0.25, 0.3) is 6.08 Å². The van der Waals surface area contributed by atoms with E-state index in [-0.39, 0.29) is 18.4 Å². The lowest BCUT2D eigenvalue weighted by Crippen LogP contribution is -2.31. The summed E-state index contributed by atoms with van der Waals surface area (Å²) in [6.07, 6.45) is 8.45. The predicted octanol–water partition coefficient (Wildman–Crippen LogP) is 3.95. The fourth-order valence-electron chi connectivity index (χ4n) is 3.17. The Morgan fingerprint density at radius 1 is 1.19 bits per heavy atom. The Morgan fingerprint density at radius 2 is 1.97 bits per heavy atom. The molecular weight excluding hydrogens is 424 g/mol. The largest absolute Gasteiger partial charge is 0.343 e. The van der Waals surface area contributed by atoms with Crippen molar-refractivity contribution in [2.75, 3.05) is 11.9 Å². The molecule has 0 saturated carbocycles. The molecule has 0 spiro atoms. The van der Waals surface area contributed by atoms with Gasteiger partial charge in [-0.25, -0.2) is 0 Å². The number of anilines is 1. The second-order valence-corrected chi connectivity index (χ2v) is 7.57. The molecule has 0 fully saturated rings. The molecule has 1 heterocycles. The predicted molar refractivity (Wildman–Crippen MR) is 127 cm³/mol. The summed E-state index contributed by atoms with van der Waals surface area (Å²) in [7, 11) is 0. The van der Waals surface area contributed by atoms with Gasteiger partial charge in [0.05, 0.1) is 18.8 Å². The monoisotopic (exact) mass is 446 g/mol. The Morgan fingerprint density at radius 3 is 2.72 bits per heavy atom. The van der Waals surface area contributed by atoms with Crippen LogP contribution >= 0.6 is 11.6 Å². The average molecular weight is 447 g/mol. The maximum Gasteiger partial charge on any atom is 0.244 e. The molecular formula is C25H23ClN4O2. The highest BCUT2D eigenvalue weighted by Gasteiger charge is 2.11. The summed E-state index contributed by atoms with van der Waals surface area (Å²) in [6, 6.07) is 14.5. The van der Waals surface area contributed by atoms with E-state index in [2.05, 4.69) is 21.7 Å². The molecule has 0 aliphatic rings. The van der Waals surface area contributed by atoms with Crippen LogP contribution in [0.2, 0.25) is 5.02 Å². The number of benzene rings is 2. The zero-order valence-electron chi connectivity index (χ0n) is 17.9. The summed E-state index contributed by atoms with van der Waals surface area (Å²) in [5.74, 6) is 1.78. The molecule has 32 heavy (non-hydrogen) atoms. The fourth-order valence-corrected chi connectivity index (χ4v) is 3.37. The van der Waals surface area contributed by atoms with Gasteiger partial charge in [0.15, 0.2) is 0 Å². The third-order valence-corrected chi connectivity index (χ3v) is 5.22. The van der Waals surface area contributed by atoms with Gasteiger partial charge in [0.2, 0.25) is 11.8 Å². The van der Waals surface area contributed by atoms with E-state index in [0.717, 1.165) is 22.5 Å². The maximum atomic E-state index is 12.2. The molecule has 3 rings (SSSR count). The number of carbonyl (C=O) groups is 2. The maximum absolute atomic E-state index is 12.2. The number of nitrogens with one attached hydrogen (secondary N) is 2. The molecule has 6 nitrogen and oxygen atoms in total. The van der Waals surface area contributed by atoms with Crippen molar-refractivity contribution >= 4 is 35.2 Å². The van der Waals surface area contributed by atoms with Gasteiger partial charge < -0.3 is 10.6 Å². The van der Waals surface area contributed by atoms with Gasteiger partial charge in [-0.05, 0) is 49.8 Å². The van der Waals surface area contributed by atoms with Gasteiger partial charge in [-0.3, -0.25) is 14.3 Å². The van der Waals surface area contributed by atoms with E-state index in [1.54, 1.807) is 30.3 Å². The van der Waals surface area contributed by atoms with Gasteiger partial charge in [0.25, 0.3) is 0 Å². The molecule has 0 aliphatic heterocycles. The molecule has 0 unspecified atom stereocenters. The van der Waals surface area contributed by atoms with Crippen LogP contribution < -0.4 is 10.6 Å². The highest BCUT2D eigenvalue weighted by molar-refractivity contribution is 6.31. The first-order chi connectivity index (χ1) is 15.4. The van der Waals surface area contributed by atoms with Gasteiger partial charge in [0, 0.05) is 33.6 Å². The number of aromatic nitrogens is 2. The first-order valence-electron chi connectivity index (χ1n) is 9.97. The van der Waals surface area contributed by atoms with Gasteiger partial charge in [-0.1, -0.05) is 41.8 Å². The minimum Gasteiger partial charge on any atom is -0.343 e. The normalized spacial score (nSPS) is 10.7. The standard InChI is InChI=1S/C25H23ClN4O2/c1-4-19-8-7-10-21(14-19)28-25(32)15-27-24(31)13-12-22-17(2)29-30(18(22)3)16-20-9-5-6-11-23(20)26/h1,5-14H,15-16H2,2-3H3,(H,27,31)(H,28,32)/b13-12+. The van der Waals surface area contributed by atoms with Crippen LogP contribution in [0.5, 0.6) is 0 Å². The Labute approximate surface area is 192 Å². The van der Waals surface area contributed by atoms with E-state index in [1.807, 2.05) is 42.8 Å². The van der Waals surface area contributed by atoms with Gasteiger partial charge in [-0.2, -0.15) is 5.10 Å². The van der Waals surface area contributed by atoms with Gasteiger partial charge >= 0.3 is 0 Å². The van der Waals surface area contributed by atoms with Crippen LogP contribution in [0.4, 0.5) is 5.69 Å². The summed E-state index contributed by atoms with van der Waals surface area (Å²) in [4.78, 5) is 24.3. The van der Waals surface area contributed by atoms with Crippen LogP contribution in [0.15, 0.2) is 54.6 Å². The van der Waals surface area contributed by atoms with Crippen molar-refractivity contribution in [3.05, 3.63) is 87.7 Å². The number of halogens is 1. The Balaban J connectivity index is 1.58. The second-order valence-electron chi connectivity index (χ2n) is 7.16.